The van der Waals surface area contributed by atoms with E-state index in [2.05, 4.69) is 10.1 Å². The Bertz CT molecular complexity index is 527. The molecule has 0 aromatic carbocycles. The summed E-state index contributed by atoms with van der Waals surface area (Å²) in [5, 5.41) is 22.6. The highest BCUT2D eigenvalue weighted by atomic mass is 16.5. The van der Waals surface area contributed by atoms with Crippen LogP contribution in [0.2, 0.25) is 0 Å². The van der Waals surface area contributed by atoms with Crippen LogP contribution in [0.15, 0.2) is 17.4 Å². The van der Waals surface area contributed by atoms with Crippen molar-refractivity contribution in [2.75, 3.05) is 31.7 Å². The second-order valence-corrected chi connectivity index (χ2v) is 5.50. The van der Waals surface area contributed by atoms with Crippen LogP contribution in [-0.4, -0.2) is 53.5 Å². The van der Waals surface area contributed by atoms with E-state index in [1.54, 1.807) is 12.3 Å². The van der Waals surface area contributed by atoms with Crippen molar-refractivity contribution in [2.45, 2.75) is 25.4 Å². The Labute approximate surface area is 124 Å². The molecule has 2 rings (SSSR count). The summed E-state index contributed by atoms with van der Waals surface area (Å²) in [6.07, 6.45) is 2.84. The van der Waals surface area contributed by atoms with Crippen molar-refractivity contribution in [3.63, 3.8) is 0 Å². The molecule has 0 aliphatic carbocycles. The number of ether oxygens (including phenoxy) is 1. The lowest BCUT2D eigenvalue weighted by Crippen LogP contribution is -2.46. The van der Waals surface area contributed by atoms with E-state index in [0.29, 0.717) is 44.0 Å². The van der Waals surface area contributed by atoms with Crippen LogP contribution in [0.1, 0.15) is 24.0 Å². The predicted molar refractivity (Wildman–Crippen MR) is 79.8 cm³/mol. The Hall–Kier alpha value is -1.86. The molecule has 7 nitrogen and oxygen atoms in total. The topological polar surface area (TPSA) is 104 Å². The first-order valence-corrected chi connectivity index (χ1v) is 6.91. The predicted octanol–water partition coefficient (Wildman–Crippen LogP) is 0.462. The van der Waals surface area contributed by atoms with Gasteiger partial charge in [0.2, 0.25) is 0 Å². The smallest absolute Gasteiger partial charge is 0.174 e. The lowest BCUT2D eigenvalue weighted by atomic mass is 9.93. The van der Waals surface area contributed by atoms with Gasteiger partial charge in [-0.2, -0.15) is 0 Å². The lowest BCUT2D eigenvalue weighted by molar-refractivity contribution is -0.0573. The number of aliphatic hydroxyl groups is 1. The number of oxime groups is 1. The van der Waals surface area contributed by atoms with Crippen molar-refractivity contribution < 1.29 is 15.1 Å². The maximum atomic E-state index is 10.6. The summed E-state index contributed by atoms with van der Waals surface area (Å²) < 4.78 is 5.28. The van der Waals surface area contributed by atoms with E-state index in [4.69, 9.17) is 15.7 Å². The molecule has 0 atom stereocenters. The fourth-order valence-electron chi connectivity index (χ4n) is 2.63. The first-order valence-electron chi connectivity index (χ1n) is 6.91. The van der Waals surface area contributed by atoms with E-state index >= 15 is 0 Å². The van der Waals surface area contributed by atoms with E-state index in [1.165, 1.54) is 0 Å². The fraction of sp³-hybridized carbons (Fsp3) is 0.571. The number of hydrogen-bond donors (Lipinski definition) is 3. The third-order valence-electron chi connectivity index (χ3n) is 3.82. The van der Waals surface area contributed by atoms with Crippen LogP contribution in [0.25, 0.3) is 0 Å². The zero-order chi connectivity index (χ0) is 15.5. The number of pyridine rings is 1. The molecule has 1 aliphatic heterocycles. The molecule has 1 fully saturated rings. The van der Waals surface area contributed by atoms with Gasteiger partial charge in [-0.15, -0.1) is 0 Å². The summed E-state index contributed by atoms with van der Waals surface area (Å²) in [5.74, 6) is 0.603. The minimum Gasteiger partial charge on any atom is -0.409 e. The highest BCUT2D eigenvalue weighted by Crippen LogP contribution is 2.26. The Kier molecular flexibility index (Phi) is 4.64. The summed E-state index contributed by atoms with van der Waals surface area (Å²) in [5.41, 5.74) is 6.39. The summed E-state index contributed by atoms with van der Waals surface area (Å²) in [4.78, 5) is 6.16. The van der Waals surface area contributed by atoms with E-state index in [1.807, 2.05) is 18.9 Å². The van der Waals surface area contributed by atoms with Gasteiger partial charge in [-0.1, -0.05) is 5.16 Å². The van der Waals surface area contributed by atoms with Gasteiger partial charge in [-0.05, 0) is 18.6 Å². The summed E-state index contributed by atoms with van der Waals surface area (Å²) in [7, 11) is 1.84. The van der Waals surface area contributed by atoms with Gasteiger partial charge < -0.3 is 25.7 Å². The number of nitrogens with two attached hydrogens (primary N) is 1. The van der Waals surface area contributed by atoms with Crippen LogP contribution in [-0.2, 0) is 4.74 Å². The highest BCUT2D eigenvalue weighted by Gasteiger charge is 2.32. The van der Waals surface area contributed by atoms with E-state index < -0.39 is 5.60 Å². The first-order chi connectivity index (χ1) is 9.97. The standard InChI is InChI=1S/C14H22N4O3/c1-10-3-6-16-13(11(10)12(15)17-20)18(2)9-14(19)4-7-21-8-5-14/h3,6,19-20H,4-5,7-9H2,1-2H3,(H2,15,17). The molecule has 0 radical (unpaired) electrons. The molecule has 0 amide bonds. The van der Waals surface area contributed by atoms with E-state index in [9.17, 15) is 5.11 Å². The summed E-state index contributed by atoms with van der Waals surface area (Å²) in [6, 6.07) is 1.80. The molecule has 1 aromatic rings. The van der Waals surface area contributed by atoms with Crippen molar-refractivity contribution in [1.29, 1.82) is 0 Å². The van der Waals surface area contributed by atoms with Gasteiger partial charge in [-0.25, -0.2) is 4.98 Å². The van der Waals surface area contributed by atoms with Gasteiger partial charge in [-0.3, -0.25) is 0 Å². The van der Waals surface area contributed by atoms with Crippen LogP contribution in [0.5, 0.6) is 0 Å². The number of aryl methyl sites for hydroxylation is 1. The first kappa shape index (κ1) is 15.5. The molecule has 7 heteroatoms. The molecule has 116 valence electrons. The Morgan fingerprint density at radius 3 is 2.81 bits per heavy atom. The zero-order valence-electron chi connectivity index (χ0n) is 12.4. The van der Waals surface area contributed by atoms with Gasteiger partial charge in [0.25, 0.3) is 0 Å². The number of anilines is 1. The lowest BCUT2D eigenvalue weighted by Gasteiger charge is -2.36. The largest absolute Gasteiger partial charge is 0.409 e. The molecule has 21 heavy (non-hydrogen) atoms. The second kappa shape index (κ2) is 6.28. The van der Waals surface area contributed by atoms with Gasteiger partial charge in [0.15, 0.2) is 5.84 Å². The average molecular weight is 294 g/mol. The monoisotopic (exact) mass is 294 g/mol. The van der Waals surface area contributed by atoms with Crippen molar-refractivity contribution in [2.24, 2.45) is 10.9 Å². The molecule has 0 unspecified atom stereocenters. The number of hydrogen-bond acceptors (Lipinski definition) is 6. The average Bonchev–Trinajstić information content (AvgIpc) is 2.46. The summed E-state index contributed by atoms with van der Waals surface area (Å²) >= 11 is 0. The number of amidine groups is 1. The molecular weight excluding hydrogens is 272 g/mol. The van der Waals surface area contributed by atoms with Gasteiger partial charge in [0, 0.05) is 45.8 Å². The Balaban J connectivity index is 2.27. The minimum absolute atomic E-state index is 0.0152. The number of nitrogens with zero attached hydrogens (tertiary/aromatic N) is 3. The maximum Gasteiger partial charge on any atom is 0.174 e. The van der Waals surface area contributed by atoms with Gasteiger partial charge >= 0.3 is 0 Å². The van der Waals surface area contributed by atoms with Crippen molar-refractivity contribution in [1.82, 2.24) is 4.98 Å². The molecular formula is C14H22N4O3. The molecule has 1 saturated heterocycles. The zero-order valence-corrected chi connectivity index (χ0v) is 12.4. The minimum atomic E-state index is -0.805. The molecule has 0 spiro atoms. The SMILES string of the molecule is Cc1ccnc(N(C)CC2(O)CCOCC2)c1/C(N)=N/O. The van der Waals surface area contributed by atoms with E-state index in [-0.39, 0.29) is 5.84 Å². The van der Waals surface area contributed by atoms with Crippen LogP contribution >= 0.6 is 0 Å². The Morgan fingerprint density at radius 1 is 1.52 bits per heavy atom. The maximum absolute atomic E-state index is 10.6. The number of rotatable bonds is 4. The summed E-state index contributed by atoms with van der Waals surface area (Å²) in [6.45, 7) is 3.39. The third-order valence-corrected chi connectivity index (χ3v) is 3.82. The molecule has 4 N–H and O–H groups in total. The Morgan fingerprint density at radius 2 is 2.19 bits per heavy atom. The normalized spacial score (nSPS) is 18.5. The van der Waals surface area contributed by atoms with Gasteiger partial charge in [0.1, 0.15) is 5.82 Å². The number of aromatic nitrogens is 1. The van der Waals surface area contributed by atoms with Gasteiger partial charge in [0.05, 0.1) is 11.2 Å². The molecule has 1 aromatic heterocycles. The van der Waals surface area contributed by atoms with Crippen molar-refractivity contribution in [3.05, 3.63) is 23.4 Å². The third kappa shape index (κ3) is 3.43. The van der Waals surface area contributed by atoms with E-state index in [0.717, 1.165) is 5.56 Å². The quantitative estimate of drug-likeness (QED) is 0.322. The number of likely N-dealkylation sites (N-methyl/N-ethyl adjacent to an activating group) is 1. The fourth-order valence-corrected chi connectivity index (χ4v) is 2.63. The highest BCUT2D eigenvalue weighted by molar-refractivity contribution is 6.02. The molecule has 0 saturated carbocycles. The van der Waals surface area contributed by atoms with Crippen molar-refractivity contribution >= 4 is 11.7 Å². The van der Waals surface area contributed by atoms with Crippen LogP contribution < -0.4 is 10.6 Å². The second-order valence-electron chi connectivity index (χ2n) is 5.50. The molecule has 2 heterocycles. The van der Waals surface area contributed by atoms with Crippen LogP contribution in [0.4, 0.5) is 5.82 Å². The van der Waals surface area contributed by atoms with Crippen LogP contribution in [0.3, 0.4) is 0 Å². The molecule has 0 bridgehead atoms. The molecule has 1 aliphatic rings. The van der Waals surface area contributed by atoms with Crippen LogP contribution in [0, 0.1) is 6.92 Å². The van der Waals surface area contributed by atoms with Crippen molar-refractivity contribution in [3.8, 4) is 0 Å².